The number of carbonyl (C=O) groups excluding carboxylic acids is 1. The largest absolute Gasteiger partial charge is 0.493 e. The number of carbonyl (C=O) groups is 1. The van der Waals surface area contributed by atoms with Crippen molar-refractivity contribution in [3.63, 3.8) is 0 Å². The van der Waals surface area contributed by atoms with Gasteiger partial charge in [-0.25, -0.2) is 10.2 Å². The maximum atomic E-state index is 11.9. The Morgan fingerprint density at radius 3 is 2.34 bits per heavy atom. The van der Waals surface area contributed by atoms with E-state index in [1.807, 2.05) is 30.3 Å². The molecule has 0 unspecified atom stereocenters. The summed E-state index contributed by atoms with van der Waals surface area (Å²) in [6.45, 7) is 7.02. The van der Waals surface area contributed by atoms with Crippen molar-refractivity contribution in [1.82, 2.24) is 5.43 Å². The highest BCUT2D eigenvalue weighted by molar-refractivity contribution is 5.90. The Bertz CT molecular complexity index is 1060. The number of hydrogen-bond acceptors (Lipinski definition) is 4. The number of hydrogen-bond donors (Lipinski definition) is 2. The minimum Gasteiger partial charge on any atom is -0.493 e. The molecule has 6 nitrogen and oxygen atoms in total. The molecule has 0 aliphatic carbocycles. The molecule has 3 aromatic carbocycles. The van der Waals surface area contributed by atoms with Gasteiger partial charge in [-0.15, -0.1) is 0 Å². The summed E-state index contributed by atoms with van der Waals surface area (Å²) in [5.74, 6) is 1.23. The van der Waals surface area contributed by atoms with Crippen molar-refractivity contribution in [2.75, 3.05) is 12.4 Å². The second-order valence-electron chi connectivity index (χ2n) is 8.34. The zero-order valence-corrected chi connectivity index (χ0v) is 18.9. The van der Waals surface area contributed by atoms with Gasteiger partial charge >= 0.3 is 6.03 Å². The Balaban J connectivity index is 1.57. The van der Waals surface area contributed by atoms with Gasteiger partial charge in [0.2, 0.25) is 0 Å². The number of ether oxygens (including phenoxy) is 2. The van der Waals surface area contributed by atoms with Crippen LogP contribution in [0.1, 0.15) is 37.5 Å². The molecular formula is C26H29N3O3. The third kappa shape index (κ3) is 6.60. The third-order valence-corrected chi connectivity index (χ3v) is 4.81. The monoisotopic (exact) mass is 431 g/mol. The summed E-state index contributed by atoms with van der Waals surface area (Å²) >= 11 is 0. The summed E-state index contributed by atoms with van der Waals surface area (Å²) < 4.78 is 11.4. The molecule has 6 heteroatoms. The topological polar surface area (TPSA) is 72.0 Å². The molecule has 0 aromatic heterocycles. The number of nitrogens with one attached hydrogen (secondary N) is 2. The average molecular weight is 432 g/mol. The molecule has 0 radical (unpaired) electrons. The van der Waals surface area contributed by atoms with Crippen LogP contribution in [0.15, 0.2) is 77.9 Å². The number of nitrogens with zero attached hydrogens (tertiary/aromatic N) is 1. The molecule has 0 aliphatic rings. The Hall–Kier alpha value is -3.80. The summed E-state index contributed by atoms with van der Waals surface area (Å²) in [5.41, 5.74) is 6.39. The maximum Gasteiger partial charge on any atom is 0.339 e. The fourth-order valence-corrected chi connectivity index (χ4v) is 2.99. The molecule has 0 fully saturated rings. The highest BCUT2D eigenvalue weighted by Gasteiger charge is 2.13. The summed E-state index contributed by atoms with van der Waals surface area (Å²) in [4.78, 5) is 11.9. The standard InChI is InChI=1S/C26H29N3O3/c1-26(2,3)21-13-10-19(11-14-21)18-32-23-15-12-20(16-24(23)31-4)17-27-29-25(30)28-22-8-6-5-7-9-22/h5-17H,18H2,1-4H3,(H2,28,29,30)/b27-17+. The van der Waals surface area contributed by atoms with Crippen LogP contribution in [0.4, 0.5) is 10.5 Å². The van der Waals surface area contributed by atoms with Gasteiger partial charge in [-0.05, 0) is 52.4 Å². The first kappa shape index (κ1) is 22.9. The molecule has 3 aromatic rings. The predicted octanol–water partition coefficient (Wildman–Crippen LogP) is 5.73. The first-order chi connectivity index (χ1) is 15.3. The Morgan fingerprint density at radius 2 is 1.69 bits per heavy atom. The molecule has 2 N–H and O–H groups in total. The molecule has 0 saturated heterocycles. The zero-order chi connectivity index (χ0) is 23.0. The summed E-state index contributed by atoms with van der Waals surface area (Å²) in [6.07, 6.45) is 1.54. The Kier molecular flexibility index (Phi) is 7.49. The Morgan fingerprint density at radius 1 is 0.969 bits per heavy atom. The van der Waals surface area contributed by atoms with Crippen molar-refractivity contribution < 1.29 is 14.3 Å². The summed E-state index contributed by atoms with van der Waals surface area (Å²) in [5, 5.41) is 6.68. The average Bonchev–Trinajstić information content (AvgIpc) is 2.78. The van der Waals surface area contributed by atoms with E-state index in [4.69, 9.17) is 9.47 Å². The number of benzene rings is 3. The number of para-hydroxylation sites is 1. The molecule has 2 amide bonds. The zero-order valence-electron chi connectivity index (χ0n) is 18.9. The van der Waals surface area contributed by atoms with Crippen LogP contribution >= 0.6 is 0 Å². The molecule has 32 heavy (non-hydrogen) atoms. The van der Waals surface area contributed by atoms with Crippen LogP contribution in [0.2, 0.25) is 0 Å². The highest BCUT2D eigenvalue weighted by atomic mass is 16.5. The van der Waals surface area contributed by atoms with Crippen LogP contribution < -0.4 is 20.2 Å². The van der Waals surface area contributed by atoms with E-state index in [1.165, 1.54) is 5.56 Å². The summed E-state index contributed by atoms with van der Waals surface area (Å²) in [6, 6.07) is 22.7. The van der Waals surface area contributed by atoms with Crippen LogP contribution in [-0.2, 0) is 12.0 Å². The van der Waals surface area contributed by atoms with Gasteiger partial charge in [0.25, 0.3) is 0 Å². The van der Waals surface area contributed by atoms with Crippen molar-refractivity contribution in [1.29, 1.82) is 0 Å². The van der Waals surface area contributed by atoms with Crippen LogP contribution in [0.5, 0.6) is 11.5 Å². The molecular weight excluding hydrogens is 402 g/mol. The normalized spacial score (nSPS) is 11.2. The van der Waals surface area contributed by atoms with E-state index in [0.29, 0.717) is 23.8 Å². The lowest BCUT2D eigenvalue weighted by molar-refractivity contribution is 0.252. The molecule has 166 valence electrons. The lowest BCUT2D eigenvalue weighted by Gasteiger charge is -2.19. The lowest BCUT2D eigenvalue weighted by Crippen LogP contribution is -2.24. The van der Waals surface area contributed by atoms with Crippen molar-refractivity contribution in [3.05, 3.63) is 89.5 Å². The molecule has 0 spiro atoms. The van der Waals surface area contributed by atoms with E-state index < -0.39 is 6.03 Å². The summed E-state index contributed by atoms with van der Waals surface area (Å²) in [7, 11) is 1.59. The van der Waals surface area contributed by atoms with E-state index in [2.05, 4.69) is 60.9 Å². The van der Waals surface area contributed by atoms with Crippen LogP contribution in [0, 0.1) is 0 Å². The minimum atomic E-state index is -0.420. The molecule has 0 heterocycles. The van der Waals surface area contributed by atoms with Crippen molar-refractivity contribution in [2.24, 2.45) is 5.10 Å². The molecule has 0 bridgehead atoms. The third-order valence-electron chi connectivity index (χ3n) is 4.81. The Labute approximate surface area is 189 Å². The van der Waals surface area contributed by atoms with E-state index in [1.54, 1.807) is 31.5 Å². The number of methoxy groups -OCH3 is 1. The van der Waals surface area contributed by atoms with Gasteiger partial charge < -0.3 is 14.8 Å². The van der Waals surface area contributed by atoms with Gasteiger partial charge in [-0.1, -0.05) is 63.2 Å². The quantitative estimate of drug-likeness (QED) is 0.371. The van der Waals surface area contributed by atoms with Crippen molar-refractivity contribution >= 4 is 17.9 Å². The number of anilines is 1. The first-order valence-corrected chi connectivity index (χ1v) is 10.4. The second-order valence-corrected chi connectivity index (χ2v) is 8.34. The van der Waals surface area contributed by atoms with E-state index >= 15 is 0 Å². The number of urea groups is 1. The van der Waals surface area contributed by atoms with Gasteiger partial charge in [0, 0.05) is 5.69 Å². The number of rotatable bonds is 7. The van der Waals surface area contributed by atoms with E-state index in [-0.39, 0.29) is 5.41 Å². The van der Waals surface area contributed by atoms with E-state index in [0.717, 1.165) is 11.1 Å². The van der Waals surface area contributed by atoms with Gasteiger partial charge in [-0.2, -0.15) is 5.10 Å². The minimum absolute atomic E-state index is 0.122. The highest BCUT2D eigenvalue weighted by Crippen LogP contribution is 2.29. The number of amides is 2. The van der Waals surface area contributed by atoms with Gasteiger partial charge in [-0.3, -0.25) is 0 Å². The van der Waals surface area contributed by atoms with E-state index in [9.17, 15) is 4.79 Å². The van der Waals surface area contributed by atoms with Crippen LogP contribution in [-0.4, -0.2) is 19.4 Å². The van der Waals surface area contributed by atoms with Gasteiger partial charge in [0.15, 0.2) is 11.5 Å². The SMILES string of the molecule is COc1cc(/C=N/NC(=O)Nc2ccccc2)ccc1OCc1ccc(C(C)(C)C)cc1. The molecule has 3 rings (SSSR count). The number of hydrazone groups is 1. The van der Waals surface area contributed by atoms with Crippen molar-refractivity contribution in [2.45, 2.75) is 32.8 Å². The van der Waals surface area contributed by atoms with Gasteiger partial charge in [0.1, 0.15) is 6.61 Å². The van der Waals surface area contributed by atoms with Crippen LogP contribution in [0.25, 0.3) is 0 Å². The first-order valence-electron chi connectivity index (χ1n) is 10.4. The fraction of sp³-hybridized carbons (Fsp3) is 0.231. The fourth-order valence-electron chi connectivity index (χ4n) is 2.99. The molecule has 0 saturated carbocycles. The molecule has 0 atom stereocenters. The maximum absolute atomic E-state index is 11.9. The molecule has 0 aliphatic heterocycles. The lowest BCUT2D eigenvalue weighted by atomic mass is 9.87. The smallest absolute Gasteiger partial charge is 0.339 e. The van der Waals surface area contributed by atoms with Crippen molar-refractivity contribution in [3.8, 4) is 11.5 Å². The predicted molar refractivity (Wildman–Crippen MR) is 129 cm³/mol. The van der Waals surface area contributed by atoms with Gasteiger partial charge in [0.05, 0.1) is 13.3 Å². The van der Waals surface area contributed by atoms with Crippen LogP contribution in [0.3, 0.4) is 0 Å². The second kappa shape index (κ2) is 10.5.